The van der Waals surface area contributed by atoms with Gasteiger partial charge in [-0.05, 0) is 23.3 Å². The maximum atomic E-state index is 5.85. The van der Waals surface area contributed by atoms with Gasteiger partial charge in [-0.2, -0.15) is 0 Å². The minimum absolute atomic E-state index is 0. The van der Waals surface area contributed by atoms with Crippen molar-refractivity contribution < 1.29 is 0 Å². The molecule has 1 aromatic heterocycles. The zero-order valence-corrected chi connectivity index (χ0v) is 7.01. The van der Waals surface area contributed by atoms with Gasteiger partial charge in [-0.25, -0.2) is 4.68 Å². The number of nitrogens with two attached hydrogens (primary N) is 1. The molecule has 0 spiro atoms. The lowest BCUT2D eigenvalue weighted by Gasteiger charge is -2.03. The van der Waals surface area contributed by atoms with Crippen molar-refractivity contribution >= 4 is 12.4 Å². The molecule has 0 aliphatic heterocycles. The molecule has 6 heteroatoms. The first-order chi connectivity index (χ1) is 4.72. The fraction of sp³-hybridized carbons (Fsp3) is 0.800. The molecular weight excluding hydrogens is 166 g/mol. The molecule has 0 bridgehead atoms. The van der Waals surface area contributed by atoms with Gasteiger partial charge in [0.25, 0.3) is 0 Å². The van der Waals surface area contributed by atoms with Gasteiger partial charge in [-0.3, -0.25) is 0 Å². The Morgan fingerprint density at radius 2 is 2.18 bits per heavy atom. The lowest BCUT2D eigenvalue weighted by atomic mass is 10.3. The second-order valence-electron chi connectivity index (χ2n) is 2.78. The highest BCUT2D eigenvalue weighted by molar-refractivity contribution is 5.85. The smallest absolute Gasteiger partial charge is 0.170 e. The predicted octanol–water partition coefficient (Wildman–Crippen LogP) is -0.420. The van der Waals surface area contributed by atoms with Gasteiger partial charge in [0, 0.05) is 7.05 Å². The second-order valence-corrected chi connectivity index (χ2v) is 2.78. The molecule has 1 saturated carbocycles. The third-order valence-corrected chi connectivity index (χ3v) is 1.85. The van der Waals surface area contributed by atoms with Gasteiger partial charge in [0.1, 0.15) is 0 Å². The van der Waals surface area contributed by atoms with Gasteiger partial charge in [-0.1, -0.05) is 0 Å². The summed E-state index contributed by atoms with van der Waals surface area (Å²) in [6, 6.07) is 0. The molecule has 11 heavy (non-hydrogen) atoms. The fourth-order valence-electron chi connectivity index (χ4n) is 1.01. The third-order valence-electron chi connectivity index (χ3n) is 1.85. The highest BCUT2D eigenvalue weighted by atomic mass is 35.5. The van der Waals surface area contributed by atoms with Crippen molar-refractivity contribution in [3.63, 3.8) is 0 Å². The summed E-state index contributed by atoms with van der Waals surface area (Å²) in [5, 5.41) is 11.0. The number of nitrogens with zero attached hydrogens (tertiary/aromatic N) is 4. The normalized spacial score (nSPS) is 19.1. The highest BCUT2D eigenvalue weighted by Crippen LogP contribution is 2.40. The molecule has 1 fully saturated rings. The van der Waals surface area contributed by atoms with Crippen LogP contribution in [0.2, 0.25) is 0 Å². The van der Waals surface area contributed by atoms with Crippen molar-refractivity contribution in [2.45, 2.75) is 18.4 Å². The van der Waals surface area contributed by atoms with E-state index in [-0.39, 0.29) is 17.9 Å². The Morgan fingerprint density at radius 3 is 2.55 bits per heavy atom. The van der Waals surface area contributed by atoms with E-state index >= 15 is 0 Å². The summed E-state index contributed by atoms with van der Waals surface area (Å²) in [5.41, 5.74) is 5.64. The van der Waals surface area contributed by atoms with Crippen LogP contribution in [0.1, 0.15) is 18.7 Å². The van der Waals surface area contributed by atoms with E-state index < -0.39 is 0 Å². The maximum absolute atomic E-state index is 5.85. The summed E-state index contributed by atoms with van der Waals surface area (Å²) >= 11 is 0. The summed E-state index contributed by atoms with van der Waals surface area (Å²) in [6.45, 7) is 0. The van der Waals surface area contributed by atoms with Crippen molar-refractivity contribution in [2.75, 3.05) is 0 Å². The number of halogens is 1. The number of hydrogen-bond acceptors (Lipinski definition) is 4. The van der Waals surface area contributed by atoms with Gasteiger partial charge in [0.2, 0.25) is 0 Å². The molecular formula is C5H10ClN5. The first-order valence-electron chi connectivity index (χ1n) is 3.24. The van der Waals surface area contributed by atoms with E-state index in [0.717, 1.165) is 18.7 Å². The van der Waals surface area contributed by atoms with Crippen LogP contribution in [0, 0.1) is 0 Å². The standard InChI is InChI=1S/C5H9N5.ClH/c1-10-4(7-8-9-10)5(6)2-3-5;/h2-3,6H2,1H3;1H. The van der Waals surface area contributed by atoms with E-state index in [1.54, 1.807) is 4.68 Å². The molecule has 2 N–H and O–H groups in total. The highest BCUT2D eigenvalue weighted by Gasteiger charge is 2.44. The Kier molecular flexibility index (Phi) is 1.85. The number of rotatable bonds is 1. The minimum atomic E-state index is -0.210. The van der Waals surface area contributed by atoms with Gasteiger partial charge in [0.15, 0.2) is 5.82 Å². The van der Waals surface area contributed by atoms with Crippen LogP contribution < -0.4 is 5.73 Å². The van der Waals surface area contributed by atoms with Crippen LogP contribution in [0.15, 0.2) is 0 Å². The van der Waals surface area contributed by atoms with Crippen molar-refractivity contribution in [2.24, 2.45) is 12.8 Å². The first kappa shape index (κ1) is 8.42. The summed E-state index contributed by atoms with van der Waals surface area (Å²) in [7, 11) is 1.81. The molecule has 0 atom stereocenters. The average Bonchev–Trinajstić information content (AvgIpc) is 2.44. The van der Waals surface area contributed by atoms with Crippen LogP contribution in [-0.4, -0.2) is 20.2 Å². The summed E-state index contributed by atoms with van der Waals surface area (Å²) in [4.78, 5) is 0. The Hall–Kier alpha value is -0.680. The minimum Gasteiger partial charge on any atom is -0.319 e. The molecule has 1 heterocycles. The molecule has 62 valence electrons. The topological polar surface area (TPSA) is 69.6 Å². The van der Waals surface area contributed by atoms with E-state index in [2.05, 4.69) is 15.5 Å². The molecule has 0 radical (unpaired) electrons. The molecule has 1 aliphatic carbocycles. The molecule has 0 aromatic carbocycles. The van der Waals surface area contributed by atoms with E-state index in [1.807, 2.05) is 7.05 Å². The lowest BCUT2D eigenvalue weighted by molar-refractivity contribution is 0.595. The first-order valence-corrected chi connectivity index (χ1v) is 3.24. The largest absolute Gasteiger partial charge is 0.319 e. The van der Waals surface area contributed by atoms with Crippen LogP contribution >= 0.6 is 12.4 Å². The third kappa shape index (κ3) is 1.21. The monoisotopic (exact) mass is 175 g/mol. The van der Waals surface area contributed by atoms with Gasteiger partial charge < -0.3 is 5.73 Å². The second kappa shape index (κ2) is 2.42. The van der Waals surface area contributed by atoms with Crippen LogP contribution in [0.4, 0.5) is 0 Å². The van der Waals surface area contributed by atoms with E-state index in [0.29, 0.717) is 0 Å². The molecule has 1 aliphatic rings. The van der Waals surface area contributed by atoms with Crippen LogP contribution in [0.25, 0.3) is 0 Å². The van der Waals surface area contributed by atoms with Gasteiger partial charge in [0.05, 0.1) is 5.54 Å². The lowest BCUT2D eigenvalue weighted by Crippen LogP contribution is -2.23. The zero-order chi connectivity index (χ0) is 7.19. The molecule has 0 unspecified atom stereocenters. The Balaban J connectivity index is 0.000000605. The van der Waals surface area contributed by atoms with Crippen molar-refractivity contribution in [1.29, 1.82) is 0 Å². The number of hydrogen-bond donors (Lipinski definition) is 1. The SMILES string of the molecule is Cl.Cn1nnnc1C1(N)CC1. The molecule has 2 rings (SSSR count). The van der Waals surface area contributed by atoms with Gasteiger partial charge >= 0.3 is 0 Å². The zero-order valence-electron chi connectivity index (χ0n) is 6.19. The van der Waals surface area contributed by atoms with E-state index in [4.69, 9.17) is 5.73 Å². The number of tetrazole rings is 1. The van der Waals surface area contributed by atoms with Crippen LogP contribution in [-0.2, 0) is 12.6 Å². The number of aromatic nitrogens is 4. The van der Waals surface area contributed by atoms with Gasteiger partial charge in [-0.15, -0.1) is 17.5 Å². The molecule has 1 aromatic rings. The summed E-state index contributed by atoms with van der Waals surface area (Å²) in [6.07, 6.45) is 2.00. The summed E-state index contributed by atoms with van der Waals surface area (Å²) in [5.74, 6) is 0.799. The predicted molar refractivity (Wildman–Crippen MR) is 41.1 cm³/mol. The average molecular weight is 176 g/mol. The Bertz CT molecular complexity index is 253. The Labute approximate surface area is 70.4 Å². The van der Waals surface area contributed by atoms with Crippen LogP contribution in [0.5, 0.6) is 0 Å². The molecule has 0 amide bonds. The van der Waals surface area contributed by atoms with Crippen LogP contribution in [0.3, 0.4) is 0 Å². The van der Waals surface area contributed by atoms with Crippen molar-refractivity contribution in [3.8, 4) is 0 Å². The van der Waals surface area contributed by atoms with E-state index in [1.165, 1.54) is 0 Å². The molecule has 0 saturated heterocycles. The van der Waals surface area contributed by atoms with E-state index in [9.17, 15) is 0 Å². The van der Waals surface area contributed by atoms with Crippen molar-refractivity contribution in [1.82, 2.24) is 20.2 Å². The maximum Gasteiger partial charge on any atom is 0.170 e. The summed E-state index contributed by atoms with van der Waals surface area (Å²) < 4.78 is 1.63. The number of aryl methyl sites for hydroxylation is 1. The Morgan fingerprint density at radius 1 is 1.55 bits per heavy atom. The quantitative estimate of drug-likeness (QED) is 0.630. The molecule has 5 nitrogen and oxygen atoms in total. The van der Waals surface area contributed by atoms with Crippen molar-refractivity contribution in [3.05, 3.63) is 5.82 Å². The fourth-order valence-corrected chi connectivity index (χ4v) is 1.01.